The molecule has 1 aliphatic rings. The van der Waals surface area contributed by atoms with Gasteiger partial charge in [-0.15, -0.1) is 0 Å². The molecule has 1 aromatic heterocycles. The second kappa shape index (κ2) is 7.28. The summed E-state index contributed by atoms with van der Waals surface area (Å²) in [4.78, 5) is 19.8. The highest BCUT2D eigenvalue weighted by molar-refractivity contribution is 7.17. The minimum Gasteiger partial charge on any atom is -0.454 e. The molecule has 2 heterocycles. The Kier molecular flexibility index (Phi) is 4.68. The molecule has 1 N–H and O–H groups in total. The first-order valence-corrected chi connectivity index (χ1v) is 9.36. The zero-order valence-corrected chi connectivity index (χ0v) is 15.9. The SMILES string of the molecule is Cc1nc(N(C)c2ccccc2)sc1C(=O)NCc1ccc2c(c1)OCO2. The topological polar surface area (TPSA) is 63.7 Å². The maximum Gasteiger partial charge on any atom is 0.263 e. The Morgan fingerprint density at radius 2 is 1.96 bits per heavy atom. The highest BCUT2D eigenvalue weighted by atomic mass is 32.1. The first-order chi connectivity index (χ1) is 13.1. The Morgan fingerprint density at radius 1 is 1.19 bits per heavy atom. The van der Waals surface area contributed by atoms with Crippen LogP contribution in [0, 0.1) is 6.92 Å². The van der Waals surface area contributed by atoms with Crippen molar-refractivity contribution < 1.29 is 14.3 Å². The van der Waals surface area contributed by atoms with Gasteiger partial charge in [-0.05, 0) is 36.8 Å². The third-order valence-electron chi connectivity index (χ3n) is 4.31. The minimum absolute atomic E-state index is 0.129. The van der Waals surface area contributed by atoms with E-state index < -0.39 is 0 Å². The Labute approximate surface area is 161 Å². The van der Waals surface area contributed by atoms with E-state index in [1.54, 1.807) is 0 Å². The van der Waals surface area contributed by atoms with Gasteiger partial charge >= 0.3 is 0 Å². The molecule has 0 saturated carbocycles. The number of benzene rings is 2. The highest BCUT2D eigenvalue weighted by Crippen LogP contribution is 2.33. The van der Waals surface area contributed by atoms with Crippen molar-refractivity contribution in [2.45, 2.75) is 13.5 Å². The quantitative estimate of drug-likeness (QED) is 0.727. The van der Waals surface area contributed by atoms with E-state index in [0.29, 0.717) is 17.2 Å². The van der Waals surface area contributed by atoms with Crippen LogP contribution >= 0.6 is 11.3 Å². The van der Waals surface area contributed by atoms with Crippen LogP contribution in [0.1, 0.15) is 20.9 Å². The van der Waals surface area contributed by atoms with Gasteiger partial charge in [-0.25, -0.2) is 4.98 Å². The molecule has 0 spiro atoms. The number of aryl methyl sites for hydroxylation is 1. The zero-order valence-electron chi connectivity index (χ0n) is 15.1. The molecule has 0 atom stereocenters. The number of para-hydroxylation sites is 1. The second-order valence-electron chi connectivity index (χ2n) is 6.18. The number of hydrogen-bond acceptors (Lipinski definition) is 6. The fourth-order valence-corrected chi connectivity index (χ4v) is 3.78. The summed E-state index contributed by atoms with van der Waals surface area (Å²) < 4.78 is 10.7. The van der Waals surface area contributed by atoms with Crippen LogP contribution in [0.2, 0.25) is 0 Å². The number of nitrogens with zero attached hydrogens (tertiary/aromatic N) is 2. The standard InChI is InChI=1S/C20H19N3O3S/c1-13-18(27-20(22-13)23(2)15-6-4-3-5-7-15)19(24)21-11-14-8-9-16-17(10-14)26-12-25-16/h3-10H,11-12H2,1-2H3,(H,21,24). The molecule has 0 unspecified atom stereocenters. The minimum atomic E-state index is -0.129. The van der Waals surface area contributed by atoms with E-state index in [1.807, 2.05) is 67.4 Å². The summed E-state index contributed by atoms with van der Waals surface area (Å²) >= 11 is 1.38. The molecule has 1 aliphatic heterocycles. The predicted octanol–water partition coefficient (Wildman–Crippen LogP) is 3.88. The maximum absolute atomic E-state index is 12.6. The molecular formula is C20H19N3O3S. The smallest absolute Gasteiger partial charge is 0.263 e. The van der Waals surface area contributed by atoms with Gasteiger partial charge < -0.3 is 19.7 Å². The van der Waals surface area contributed by atoms with Crippen LogP contribution < -0.4 is 19.7 Å². The van der Waals surface area contributed by atoms with Gasteiger partial charge in [-0.3, -0.25) is 4.79 Å². The van der Waals surface area contributed by atoms with Gasteiger partial charge in [0.1, 0.15) is 4.88 Å². The van der Waals surface area contributed by atoms with Gasteiger partial charge in [0.2, 0.25) is 6.79 Å². The molecule has 0 fully saturated rings. The molecule has 0 aliphatic carbocycles. The Bertz CT molecular complexity index is 972. The van der Waals surface area contributed by atoms with E-state index in [-0.39, 0.29) is 12.7 Å². The Balaban J connectivity index is 1.45. The van der Waals surface area contributed by atoms with Crippen molar-refractivity contribution in [3.63, 3.8) is 0 Å². The van der Waals surface area contributed by atoms with Crippen LogP contribution in [0.5, 0.6) is 11.5 Å². The predicted molar refractivity (Wildman–Crippen MR) is 105 cm³/mol. The Morgan fingerprint density at radius 3 is 2.78 bits per heavy atom. The fourth-order valence-electron chi connectivity index (χ4n) is 2.81. The van der Waals surface area contributed by atoms with Crippen LogP contribution in [-0.4, -0.2) is 24.7 Å². The third-order valence-corrected chi connectivity index (χ3v) is 5.54. The van der Waals surface area contributed by atoms with E-state index in [0.717, 1.165) is 27.8 Å². The van der Waals surface area contributed by atoms with Crippen molar-refractivity contribution in [3.8, 4) is 11.5 Å². The lowest BCUT2D eigenvalue weighted by atomic mass is 10.2. The number of anilines is 2. The van der Waals surface area contributed by atoms with Crippen molar-refractivity contribution in [3.05, 3.63) is 64.7 Å². The van der Waals surface area contributed by atoms with Crippen LogP contribution in [-0.2, 0) is 6.54 Å². The number of carbonyl (C=O) groups is 1. The number of hydrogen-bond donors (Lipinski definition) is 1. The molecule has 4 rings (SSSR count). The number of thiazole rings is 1. The molecule has 138 valence electrons. The monoisotopic (exact) mass is 381 g/mol. The summed E-state index contributed by atoms with van der Waals surface area (Å²) in [7, 11) is 1.95. The molecule has 3 aromatic rings. The molecule has 2 aromatic carbocycles. The number of aromatic nitrogens is 1. The molecule has 0 bridgehead atoms. The van der Waals surface area contributed by atoms with Gasteiger partial charge in [-0.2, -0.15) is 0 Å². The fraction of sp³-hybridized carbons (Fsp3) is 0.200. The average molecular weight is 381 g/mol. The van der Waals surface area contributed by atoms with E-state index in [2.05, 4.69) is 10.3 Å². The van der Waals surface area contributed by atoms with Gasteiger partial charge in [0.15, 0.2) is 16.6 Å². The molecule has 1 amide bonds. The van der Waals surface area contributed by atoms with Gasteiger partial charge in [0.05, 0.1) is 5.69 Å². The summed E-state index contributed by atoms with van der Waals surface area (Å²) in [5, 5.41) is 3.74. The summed E-state index contributed by atoms with van der Waals surface area (Å²) in [6, 6.07) is 15.6. The molecule has 7 heteroatoms. The van der Waals surface area contributed by atoms with Gasteiger partial charge in [0, 0.05) is 19.3 Å². The number of ether oxygens (including phenoxy) is 2. The van der Waals surface area contributed by atoms with Crippen LogP contribution in [0.25, 0.3) is 0 Å². The third kappa shape index (κ3) is 3.59. The van der Waals surface area contributed by atoms with E-state index in [9.17, 15) is 4.79 Å². The second-order valence-corrected chi connectivity index (χ2v) is 7.15. The van der Waals surface area contributed by atoms with Crippen molar-refractivity contribution in [1.82, 2.24) is 10.3 Å². The van der Waals surface area contributed by atoms with Crippen molar-refractivity contribution >= 4 is 28.1 Å². The normalized spacial score (nSPS) is 12.1. The first-order valence-electron chi connectivity index (χ1n) is 8.55. The lowest BCUT2D eigenvalue weighted by Gasteiger charge is -2.15. The van der Waals surface area contributed by atoms with E-state index >= 15 is 0 Å². The van der Waals surface area contributed by atoms with Crippen LogP contribution in [0.15, 0.2) is 48.5 Å². The summed E-state index contributed by atoms with van der Waals surface area (Å²) in [5.74, 6) is 1.31. The largest absolute Gasteiger partial charge is 0.454 e. The summed E-state index contributed by atoms with van der Waals surface area (Å²) in [5.41, 5.74) is 2.70. The van der Waals surface area contributed by atoms with Crippen molar-refractivity contribution in [2.24, 2.45) is 0 Å². The lowest BCUT2D eigenvalue weighted by molar-refractivity contribution is 0.0954. The maximum atomic E-state index is 12.6. The average Bonchev–Trinajstić information content (AvgIpc) is 3.32. The number of carbonyl (C=O) groups excluding carboxylic acids is 1. The highest BCUT2D eigenvalue weighted by Gasteiger charge is 2.18. The van der Waals surface area contributed by atoms with Crippen molar-refractivity contribution in [2.75, 3.05) is 18.7 Å². The molecule has 27 heavy (non-hydrogen) atoms. The zero-order chi connectivity index (χ0) is 18.8. The molecular weight excluding hydrogens is 362 g/mol. The van der Waals surface area contributed by atoms with Crippen LogP contribution in [0.3, 0.4) is 0 Å². The summed E-state index contributed by atoms with van der Waals surface area (Å²) in [6.45, 7) is 2.51. The van der Waals surface area contributed by atoms with E-state index in [1.165, 1.54) is 11.3 Å². The molecule has 6 nitrogen and oxygen atoms in total. The first kappa shape index (κ1) is 17.4. The van der Waals surface area contributed by atoms with Crippen molar-refractivity contribution in [1.29, 1.82) is 0 Å². The summed E-state index contributed by atoms with van der Waals surface area (Å²) in [6.07, 6.45) is 0. The van der Waals surface area contributed by atoms with Gasteiger partial charge in [-0.1, -0.05) is 35.6 Å². The number of nitrogens with one attached hydrogen (secondary N) is 1. The number of amides is 1. The lowest BCUT2D eigenvalue weighted by Crippen LogP contribution is -2.22. The molecule has 0 radical (unpaired) electrons. The van der Waals surface area contributed by atoms with E-state index in [4.69, 9.17) is 9.47 Å². The number of rotatable bonds is 5. The number of fused-ring (bicyclic) bond motifs is 1. The van der Waals surface area contributed by atoms with Gasteiger partial charge in [0.25, 0.3) is 5.91 Å². The molecule has 0 saturated heterocycles. The van der Waals surface area contributed by atoms with Crippen LogP contribution in [0.4, 0.5) is 10.8 Å². The Hall–Kier alpha value is -3.06.